The Kier molecular flexibility index (Phi) is 4.53. The molecule has 0 N–H and O–H groups in total. The Bertz CT molecular complexity index is 246. The lowest BCUT2D eigenvalue weighted by molar-refractivity contribution is -0.0187. The molecular formula is C10H19O4P. The van der Waals surface area contributed by atoms with E-state index in [-0.39, 0.29) is 12.0 Å². The highest BCUT2D eigenvalue weighted by Crippen LogP contribution is 2.55. The summed E-state index contributed by atoms with van der Waals surface area (Å²) in [6.07, 6.45) is 3.42. The van der Waals surface area contributed by atoms with Crippen LogP contribution in [0.2, 0.25) is 0 Å². The number of phosphoric acid groups is 1. The number of rotatable bonds is 5. The molecule has 0 saturated carbocycles. The topological polar surface area (TPSA) is 44.8 Å². The average molecular weight is 234 g/mol. The zero-order valence-corrected chi connectivity index (χ0v) is 10.3. The van der Waals surface area contributed by atoms with E-state index in [1.807, 2.05) is 0 Å². The van der Waals surface area contributed by atoms with Crippen molar-refractivity contribution in [3.05, 3.63) is 12.7 Å². The van der Waals surface area contributed by atoms with E-state index in [1.165, 1.54) is 6.08 Å². The first kappa shape index (κ1) is 12.9. The zero-order chi connectivity index (χ0) is 11.4. The van der Waals surface area contributed by atoms with Crippen molar-refractivity contribution in [1.82, 2.24) is 0 Å². The molecule has 88 valence electrons. The highest BCUT2D eigenvalue weighted by molar-refractivity contribution is 7.48. The molecule has 0 atom stereocenters. The molecule has 1 saturated heterocycles. The molecule has 0 amide bonds. The molecule has 0 aromatic heterocycles. The van der Waals surface area contributed by atoms with Gasteiger partial charge in [0.2, 0.25) is 0 Å². The van der Waals surface area contributed by atoms with Gasteiger partial charge in [0.05, 0.1) is 19.8 Å². The smallest absolute Gasteiger partial charge is 0.286 e. The van der Waals surface area contributed by atoms with Gasteiger partial charge >= 0.3 is 7.82 Å². The summed E-state index contributed by atoms with van der Waals surface area (Å²) in [5.41, 5.74) is -0.00848. The van der Waals surface area contributed by atoms with Crippen molar-refractivity contribution in [2.24, 2.45) is 5.41 Å². The van der Waals surface area contributed by atoms with Crippen LogP contribution in [0.1, 0.15) is 26.7 Å². The van der Waals surface area contributed by atoms with E-state index in [4.69, 9.17) is 13.6 Å². The average Bonchev–Trinajstić information content (AvgIpc) is 2.29. The fourth-order valence-electron chi connectivity index (χ4n) is 1.39. The molecule has 1 aliphatic rings. The van der Waals surface area contributed by atoms with Crippen molar-refractivity contribution in [2.45, 2.75) is 26.7 Å². The van der Waals surface area contributed by atoms with Gasteiger partial charge in [-0.25, -0.2) is 4.57 Å². The molecule has 0 aliphatic carbocycles. The lowest BCUT2D eigenvalue weighted by atomic mass is 9.84. The Morgan fingerprint density at radius 2 is 1.93 bits per heavy atom. The minimum Gasteiger partial charge on any atom is -0.286 e. The van der Waals surface area contributed by atoms with E-state index < -0.39 is 7.82 Å². The lowest BCUT2D eigenvalue weighted by Gasteiger charge is -2.37. The van der Waals surface area contributed by atoms with Crippen LogP contribution in [-0.4, -0.2) is 19.8 Å². The van der Waals surface area contributed by atoms with E-state index in [1.54, 1.807) is 0 Å². The van der Waals surface area contributed by atoms with E-state index in [0.717, 1.165) is 12.8 Å². The molecule has 15 heavy (non-hydrogen) atoms. The maximum absolute atomic E-state index is 11.8. The molecule has 4 nitrogen and oxygen atoms in total. The molecule has 1 fully saturated rings. The van der Waals surface area contributed by atoms with Crippen LogP contribution in [0.5, 0.6) is 0 Å². The van der Waals surface area contributed by atoms with Gasteiger partial charge in [0.1, 0.15) is 0 Å². The highest BCUT2D eigenvalue weighted by Gasteiger charge is 2.41. The normalized spacial score (nSPS) is 23.6. The molecule has 0 spiro atoms. The van der Waals surface area contributed by atoms with Gasteiger partial charge in [0.25, 0.3) is 0 Å². The van der Waals surface area contributed by atoms with Gasteiger partial charge in [-0.2, -0.15) is 0 Å². The van der Waals surface area contributed by atoms with Crippen LogP contribution in [0.4, 0.5) is 0 Å². The van der Waals surface area contributed by atoms with Crippen LogP contribution in [0.3, 0.4) is 0 Å². The fourth-order valence-corrected chi connectivity index (χ4v) is 2.76. The summed E-state index contributed by atoms with van der Waals surface area (Å²) in [7, 11) is -3.31. The van der Waals surface area contributed by atoms with Crippen LogP contribution in [-0.2, 0) is 18.1 Å². The fraction of sp³-hybridized carbons (Fsp3) is 0.800. The molecule has 5 heteroatoms. The predicted molar refractivity (Wildman–Crippen MR) is 58.7 cm³/mol. The molecular weight excluding hydrogens is 215 g/mol. The SMILES string of the molecule is C=CCOP1(=O)OCC(CC)(CC)CO1. The summed E-state index contributed by atoms with van der Waals surface area (Å²) in [6, 6.07) is 0. The molecule has 0 bridgehead atoms. The predicted octanol–water partition coefficient (Wildman–Crippen LogP) is 3.15. The summed E-state index contributed by atoms with van der Waals surface area (Å²) in [5.74, 6) is 0. The lowest BCUT2D eigenvalue weighted by Crippen LogP contribution is -2.34. The first-order chi connectivity index (χ1) is 7.10. The van der Waals surface area contributed by atoms with Gasteiger partial charge in [-0.1, -0.05) is 19.9 Å². The van der Waals surface area contributed by atoms with Crippen LogP contribution in [0.15, 0.2) is 12.7 Å². The van der Waals surface area contributed by atoms with Crippen LogP contribution in [0.25, 0.3) is 0 Å². The maximum Gasteiger partial charge on any atom is 0.475 e. The van der Waals surface area contributed by atoms with Gasteiger partial charge in [0, 0.05) is 5.41 Å². The van der Waals surface area contributed by atoms with Crippen molar-refractivity contribution >= 4 is 7.82 Å². The molecule has 0 aromatic carbocycles. The van der Waals surface area contributed by atoms with E-state index >= 15 is 0 Å². The molecule has 0 radical (unpaired) electrons. The largest absolute Gasteiger partial charge is 0.475 e. The molecule has 1 rings (SSSR count). The Labute approximate surface area is 91.2 Å². The number of hydrogen-bond donors (Lipinski definition) is 0. The summed E-state index contributed by atoms with van der Waals surface area (Å²) in [6.45, 7) is 8.70. The Morgan fingerprint density at radius 1 is 1.40 bits per heavy atom. The summed E-state index contributed by atoms with van der Waals surface area (Å²) >= 11 is 0. The third-order valence-electron chi connectivity index (χ3n) is 2.91. The van der Waals surface area contributed by atoms with Gasteiger partial charge in [-0.05, 0) is 12.8 Å². The maximum atomic E-state index is 11.8. The van der Waals surface area contributed by atoms with Crippen molar-refractivity contribution in [1.29, 1.82) is 0 Å². The van der Waals surface area contributed by atoms with Crippen LogP contribution < -0.4 is 0 Å². The second-order valence-corrected chi connectivity index (χ2v) is 5.45. The van der Waals surface area contributed by atoms with Gasteiger partial charge in [-0.3, -0.25) is 13.6 Å². The second-order valence-electron chi connectivity index (χ2n) is 3.79. The van der Waals surface area contributed by atoms with Crippen molar-refractivity contribution < 1.29 is 18.1 Å². The third kappa shape index (κ3) is 3.15. The standard InChI is InChI=1S/C10H19O4P/c1-4-7-12-15(11)13-8-10(5-2,6-3)9-14-15/h4H,1,5-9H2,2-3H3. The molecule has 1 heterocycles. The van der Waals surface area contributed by atoms with E-state index in [2.05, 4.69) is 20.4 Å². The second kappa shape index (κ2) is 5.26. The Morgan fingerprint density at radius 3 is 2.33 bits per heavy atom. The highest BCUT2D eigenvalue weighted by atomic mass is 31.2. The monoisotopic (exact) mass is 234 g/mol. The molecule has 0 unspecified atom stereocenters. The first-order valence-electron chi connectivity index (χ1n) is 5.24. The summed E-state index contributed by atoms with van der Waals surface area (Å²) in [5, 5.41) is 0. The first-order valence-corrected chi connectivity index (χ1v) is 6.70. The van der Waals surface area contributed by atoms with Crippen molar-refractivity contribution in [2.75, 3.05) is 19.8 Å². The Balaban J connectivity index is 2.53. The van der Waals surface area contributed by atoms with Gasteiger partial charge in [-0.15, -0.1) is 6.58 Å². The van der Waals surface area contributed by atoms with E-state index in [9.17, 15) is 4.57 Å². The number of phosphoric ester groups is 1. The minimum atomic E-state index is -3.31. The number of hydrogen-bond acceptors (Lipinski definition) is 4. The van der Waals surface area contributed by atoms with Gasteiger partial charge < -0.3 is 0 Å². The summed E-state index contributed by atoms with van der Waals surface area (Å²) in [4.78, 5) is 0. The summed E-state index contributed by atoms with van der Waals surface area (Å²) < 4.78 is 27.2. The van der Waals surface area contributed by atoms with E-state index in [0.29, 0.717) is 13.2 Å². The quantitative estimate of drug-likeness (QED) is 0.541. The third-order valence-corrected chi connectivity index (χ3v) is 4.26. The van der Waals surface area contributed by atoms with Crippen LogP contribution in [0, 0.1) is 5.41 Å². The van der Waals surface area contributed by atoms with Crippen molar-refractivity contribution in [3.8, 4) is 0 Å². The van der Waals surface area contributed by atoms with Crippen LogP contribution >= 0.6 is 7.82 Å². The minimum absolute atomic E-state index is 0.00848. The van der Waals surface area contributed by atoms with Crippen molar-refractivity contribution in [3.63, 3.8) is 0 Å². The zero-order valence-electron chi connectivity index (χ0n) is 9.40. The molecule has 0 aromatic rings. The van der Waals surface area contributed by atoms with Gasteiger partial charge in [0.15, 0.2) is 0 Å². The Hall–Kier alpha value is -0.150. The molecule has 1 aliphatic heterocycles.